The number of hydrogen-bond acceptors (Lipinski definition) is 3. The maximum atomic E-state index is 13.1. The Balaban J connectivity index is 1.52. The van der Waals surface area contributed by atoms with Crippen molar-refractivity contribution in [3.63, 3.8) is 0 Å². The van der Waals surface area contributed by atoms with Crippen LogP contribution < -0.4 is 5.32 Å². The number of thioether (sulfide) groups is 1. The van der Waals surface area contributed by atoms with Gasteiger partial charge in [-0.1, -0.05) is 12.1 Å². The predicted octanol–water partition coefficient (Wildman–Crippen LogP) is 3.65. The van der Waals surface area contributed by atoms with Gasteiger partial charge in [0.15, 0.2) is 0 Å². The Bertz CT molecular complexity index is 847. The van der Waals surface area contributed by atoms with Gasteiger partial charge in [-0.2, -0.15) is 0 Å². The van der Waals surface area contributed by atoms with E-state index in [1.165, 1.54) is 29.5 Å². The van der Waals surface area contributed by atoms with Gasteiger partial charge >= 0.3 is 0 Å². The Morgan fingerprint density at radius 2 is 2.17 bits per heavy atom. The lowest BCUT2D eigenvalue weighted by Gasteiger charge is -2.04. The lowest BCUT2D eigenvalue weighted by molar-refractivity contribution is -0.113. The maximum Gasteiger partial charge on any atom is 0.234 e. The molecule has 0 unspecified atom stereocenters. The topological polar surface area (TPSA) is 46.4 Å². The van der Waals surface area contributed by atoms with Crippen LogP contribution >= 0.6 is 11.8 Å². The minimum absolute atomic E-state index is 0.153. The third kappa shape index (κ3) is 4.10. The molecule has 0 aliphatic carbocycles. The molecular weight excluding hydrogens is 313 g/mol. The third-order valence-electron chi connectivity index (χ3n) is 3.24. The highest BCUT2D eigenvalue weighted by Crippen LogP contribution is 2.15. The van der Waals surface area contributed by atoms with Crippen molar-refractivity contribution in [1.82, 2.24) is 9.38 Å². The van der Waals surface area contributed by atoms with Crippen molar-refractivity contribution < 1.29 is 9.18 Å². The van der Waals surface area contributed by atoms with Gasteiger partial charge in [0.05, 0.1) is 11.4 Å². The molecule has 0 aliphatic heterocycles. The van der Waals surface area contributed by atoms with Crippen LogP contribution in [0.4, 0.5) is 10.1 Å². The molecule has 0 saturated carbocycles. The molecule has 3 rings (SSSR count). The normalized spacial score (nSPS) is 10.9. The summed E-state index contributed by atoms with van der Waals surface area (Å²) in [5.41, 5.74) is 3.47. The maximum absolute atomic E-state index is 13.1. The number of amides is 1. The molecule has 0 bridgehead atoms. The summed E-state index contributed by atoms with van der Waals surface area (Å²) in [4.78, 5) is 16.4. The monoisotopic (exact) mass is 329 g/mol. The molecule has 0 spiro atoms. The van der Waals surface area contributed by atoms with E-state index in [9.17, 15) is 9.18 Å². The van der Waals surface area contributed by atoms with E-state index >= 15 is 0 Å². The summed E-state index contributed by atoms with van der Waals surface area (Å²) in [6, 6.07) is 9.86. The van der Waals surface area contributed by atoms with Crippen LogP contribution in [0.1, 0.15) is 11.3 Å². The number of pyridine rings is 1. The first-order valence-electron chi connectivity index (χ1n) is 7.17. The Kier molecular flexibility index (Phi) is 4.62. The van der Waals surface area contributed by atoms with Crippen LogP contribution in [0.3, 0.4) is 0 Å². The zero-order valence-electron chi connectivity index (χ0n) is 12.6. The van der Waals surface area contributed by atoms with E-state index in [1.54, 1.807) is 12.1 Å². The number of benzene rings is 1. The van der Waals surface area contributed by atoms with Crippen molar-refractivity contribution in [2.24, 2.45) is 0 Å². The van der Waals surface area contributed by atoms with Crippen LogP contribution in [-0.2, 0) is 10.5 Å². The number of aryl methyl sites for hydroxylation is 1. The number of rotatable bonds is 5. The van der Waals surface area contributed by atoms with Crippen LogP contribution in [0.5, 0.6) is 0 Å². The highest BCUT2D eigenvalue weighted by molar-refractivity contribution is 7.99. The second-order valence-corrected chi connectivity index (χ2v) is 6.24. The molecule has 0 radical (unpaired) electrons. The van der Waals surface area contributed by atoms with E-state index in [0.29, 0.717) is 17.2 Å². The van der Waals surface area contributed by atoms with Crippen LogP contribution in [-0.4, -0.2) is 21.0 Å². The number of aromatic nitrogens is 2. The SMILES string of the molecule is Cc1ccc2nc(CSCC(=O)Nc3cccc(F)c3)cn2c1. The molecule has 0 atom stereocenters. The van der Waals surface area contributed by atoms with Crippen LogP contribution in [0.15, 0.2) is 48.8 Å². The Morgan fingerprint density at radius 3 is 3.00 bits per heavy atom. The Labute approximate surface area is 137 Å². The number of carbonyl (C=O) groups excluding carboxylic acids is 1. The molecule has 23 heavy (non-hydrogen) atoms. The summed E-state index contributed by atoms with van der Waals surface area (Å²) in [6.45, 7) is 2.03. The van der Waals surface area contributed by atoms with Gasteiger partial charge in [-0.15, -0.1) is 11.8 Å². The molecule has 0 saturated heterocycles. The zero-order chi connectivity index (χ0) is 16.2. The summed E-state index contributed by atoms with van der Waals surface area (Å²) >= 11 is 1.48. The number of nitrogens with zero attached hydrogens (tertiary/aromatic N) is 2. The number of carbonyl (C=O) groups is 1. The fourth-order valence-corrected chi connectivity index (χ4v) is 2.94. The fraction of sp³-hybridized carbons (Fsp3) is 0.176. The van der Waals surface area contributed by atoms with Crippen molar-refractivity contribution in [3.8, 4) is 0 Å². The van der Waals surface area contributed by atoms with Crippen LogP contribution in [0.2, 0.25) is 0 Å². The van der Waals surface area contributed by atoms with E-state index in [2.05, 4.69) is 10.3 Å². The molecule has 3 aromatic rings. The summed E-state index contributed by atoms with van der Waals surface area (Å²) in [5.74, 6) is 0.427. The van der Waals surface area contributed by atoms with Crippen LogP contribution in [0, 0.1) is 12.7 Å². The summed E-state index contributed by atoms with van der Waals surface area (Å²) in [7, 11) is 0. The van der Waals surface area contributed by atoms with Gasteiger partial charge in [0.2, 0.25) is 5.91 Å². The lowest BCUT2D eigenvalue weighted by Crippen LogP contribution is -2.14. The predicted molar refractivity (Wildman–Crippen MR) is 91.1 cm³/mol. The molecule has 4 nitrogen and oxygen atoms in total. The van der Waals surface area contributed by atoms with E-state index in [-0.39, 0.29) is 11.7 Å². The molecule has 118 valence electrons. The number of anilines is 1. The van der Waals surface area contributed by atoms with Gasteiger partial charge in [-0.25, -0.2) is 9.37 Å². The minimum Gasteiger partial charge on any atom is -0.325 e. The molecule has 0 aliphatic rings. The molecule has 1 N–H and O–H groups in total. The van der Waals surface area contributed by atoms with Gasteiger partial charge in [0.25, 0.3) is 0 Å². The van der Waals surface area contributed by atoms with Crippen LogP contribution in [0.25, 0.3) is 5.65 Å². The van der Waals surface area contributed by atoms with Crippen molar-refractivity contribution in [1.29, 1.82) is 0 Å². The number of fused-ring (bicyclic) bond motifs is 1. The fourth-order valence-electron chi connectivity index (χ4n) is 2.24. The Morgan fingerprint density at radius 1 is 1.30 bits per heavy atom. The van der Waals surface area contributed by atoms with Gasteiger partial charge < -0.3 is 9.72 Å². The number of nitrogens with one attached hydrogen (secondary N) is 1. The lowest BCUT2D eigenvalue weighted by atomic mass is 10.3. The van der Waals surface area contributed by atoms with E-state index < -0.39 is 0 Å². The molecule has 1 aromatic carbocycles. The van der Waals surface area contributed by atoms with Gasteiger partial charge in [-0.3, -0.25) is 4.79 Å². The van der Waals surface area contributed by atoms with Crippen molar-refractivity contribution >= 4 is 29.0 Å². The standard InChI is InChI=1S/C17H16FN3OS/c1-12-5-6-16-19-15(9-21(16)8-12)10-23-11-17(22)20-14-4-2-3-13(18)7-14/h2-9H,10-11H2,1H3,(H,20,22). The van der Waals surface area contributed by atoms with Crippen molar-refractivity contribution in [2.45, 2.75) is 12.7 Å². The molecular formula is C17H16FN3OS. The molecule has 6 heteroatoms. The summed E-state index contributed by atoms with van der Waals surface area (Å²) in [6.07, 6.45) is 3.99. The van der Waals surface area contributed by atoms with Crippen molar-refractivity contribution in [3.05, 3.63) is 65.9 Å². The van der Waals surface area contributed by atoms with Gasteiger partial charge in [0.1, 0.15) is 11.5 Å². The van der Waals surface area contributed by atoms with E-state index in [4.69, 9.17) is 0 Å². The third-order valence-corrected chi connectivity index (χ3v) is 4.21. The highest BCUT2D eigenvalue weighted by atomic mass is 32.2. The molecule has 0 fully saturated rings. The zero-order valence-corrected chi connectivity index (χ0v) is 13.4. The summed E-state index contributed by atoms with van der Waals surface area (Å²) < 4.78 is 15.0. The smallest absolute Gasteiger partial charge is 0.234 e. The second-order valence-electron chi connectivity index (χ2n) is 5.26. The number of hydrogen-bond donors (Lipinski definition) is 1. The molecule has 1 amide bonds. The molecule has 2 heterocycles. The minimum atomic E-state index is -0.365. The largest absolute Gasteiger partial charge is 0.325 e. The average molecular weight is 329 g/mol. The van der Waals surface area contributed by atoms with Crippen molar-refractivity contribution in [2.75, 3.05) is 11.1 Å². The number of imidazole rings is 1. The summed E-state index contributed by atoms with van der Waals surface area (Å²) in [5, 5.41) is 2.68. The van der Waals surface area contributed by atoms with E-state index in [0.717, 1.165) is 11.3 Å². The quantitative estimate of drug-likeness (QED) is 0.777. The average Bonchev–Trinajstić information content (AvgIpc) is 2.89. The highest BCUT2D eigenvalue weighted by Gasteiger charge is 2.06. The first-order chi connectivity index (χ1) is 11.1. The van der Waals surface area contributed by atoms with Gasteiger partial charge in [-0.05, 0) is 36.8 Å². The second kappa shape index (κ2) is 6.83. The first kappa shape index (κ1) is 15.6. The van der Waals surface area contributed by atoms with Gasteiger partial charge in [0, 0.05) is 23.8 Å². The molecule has 2 aromatic heterocycles. The first-order valence-corrected chi connectivity index (χ1v) is 8.33. The Hall–Kier alpha value is -2.34. The van der Waals surface area contributed by atoms with E-state index in [1.807, 2.05) is 35.9 Å². The number of halogens is 1.